The van der Waals surface area contributed by atoms with Crippen LogP contribution in [0.4, 0.5) is 5.69 Å². The molecule has 0 saturated carbocycles. The summed E-state index contributed by atoms with van der Waals surface area (Å²) in [6.07, 6.45) is 7.42. The Morgan fingerprint density at radius 2 is 2.19 bits per heavy atom. The highest BCUT2D eigenvalue weighted by Crippen LogP contribution is 2.27. The highest BCUT2D eigenvalue weighted by atomic mass is 15.2. The van der Waals surface area contributed by atoms with Crippen molar-refractivity contribution in [3.05, 3.63) is 29.3 Å². The molecule has 3 N–H and O–H groups in total. The maximum atomic E-state index is 6.08. The van der Waals surface area contributed by atoms with E-state index in [9.17, 15) is 0 Å². The minimum atomic E-state index is 0.550. The number of nitrogens with one attached hydrogen (secondary N) is 1. The lowest BCUT2D eigenvalue weighted by Gasteiger charge is -2.20. The summed E-state index contributed by atoms with van der Waals surface area (Å²) < 4.78 is 0. The van der Waals surface area contributed by atoms with Crippen LogP contribution in [0.25, 0.3) is 0 Å². The summed E-state index contributed by atoms with van der Waals surface area (Å²) in [6, 6.07) is 7.02. The van der Waals surface area contributed by atoms with E-state index in [4.69, 9.17) is 5.73 Å². The number of guanidine groups is 1. The van der Waals surface area contributed by atoms with E-state index in [1.807, 2.05) is 0 Å². The average Bonchev–Trinajstić information content (AvgIpc) is 2.91. The molecule has 1 aliphatic carbocycles. The number of anilines is 1. The zero-order valence-electron chi connectivity index (χ0n) is 12.9. The second-order valence-corrected chi connectivity index (χ2v) is 6.28. The standard InChI is InChI=1S/C17H26N4/c1-21-11-5-8-14(21)12-19-17(18)20-16-10-4-7-13-6-2-3-9-15(13)16/h4,7,10,14H,2-3,5-6,8-9,11-12H2,1H3,(H3,18,19,20). The number of hydrogen-bond acceptors (Lipinski definition) is 2. The summed E-state index contributed by atoms with van der Waals surface area (Å²) >= 11 is 0. The fourth-order valence-corrected chi connectivity index (χ4v) is 3.49. The minimum absolute atomic E-state index is 0.550. The van der Waals surface area contributed by atoms with E-state index in [0.29, 0.717) is 12.0 Å². The molecule has 1 heterocycles. The molecule has 1 unspecified atom stereocenters. The summed E-state index contributed by atoms with van der Waals surface area (Å²) in [5, 5.41) is 3.32. The first-order valence-electron chi connectivity index (χ1n) is 8.12. The van der Waals surface area contributed by atoms with Crippen molar-refractivity contribution < 1.29 is 0 Å². The Hall–Kier alpha value is -1.55. The number of nitrogens with two attached hydrogens (primary N) is 1. The van der Waals surface area contributed by atoms with Crippen molar-refractivity contribution in [2.24, 2.45) is 10.7 Å². The number of fused-ring (bicyclic) bond motifs is 1. The number of hydrogen-bond donors (Lipinski definition) is 2. The predicted molar refractivity (Wildman–Crippen MR) is 88.8 cm³/mol. The Morgan fingerprint density at radius 3 is 3.00 bits per heavy atom. The topological polar surface area (TPSA) is 53.6 Å². The average molecular weight is 286 g/mol. The Morgan fingerprint density at radius 1 is 1.33 bits per heavy atom. The maximum Gasteiger partial charge on any atom is 0.193 e. The third-order valence-electron chi connectivity index (χ3n) is 4.80. The second kappa shape index (κ2) is 6.48. The lowest BCUT2D eigenvalue weighted by atomic mass is 9.90. The van der Waals surface area contributed by atoms with Gasteiger partial charge in [-0.2, -0.15) is 0 Å². The molecule has 4 heteroatoms. The van der Waals surface area contributed by atoms with Crippen molar-refractivity contribution in [1.29, 1.82) is 0 Å². The van der Waals surface area contributed by atoms with Crippen molar-refractivity contribution in [2.45, 2.75) is 44.6 Å². The van der Waals surface area contributed by atoms with E-state index in [0.717, 1.165) is 18.7 Å². The zero-order chi connectivity index (χ0) is 14.7. The van der Waals surface area contributed by atoms with Gasteiger partial charge in [0.05, 0.1) is 6.54 Å². The van der Waals surface area contributed by atoms with Crippen LogP contribution in [-0.2, 0) is 12.8 Å². The molecule has 1 aliphatic heterocycles. The van der Waals surface area contributed by atoms with Crippen LogP contribution in [0.15, 0.2) is 23.2 Å². The third-order valence-corrected chi connectivity index (χ3v) is 4.80. The summed E-state index contributed by atoms with van der Waals surface area (Å²) in [5.74, 6) is 0.550. The van der Waals surface area contributed by atoms with E-state index < -0.39 is 0 Å². The van der Waals surface area contributed by atoms with Crippen LogP contribution >= 0.6 is 0 Å². The van der Waals surface area contributed by atoms with Gasteiger partial charge >= 0.3 is 0 Å². The molecule has 2 aliphatic rings. The number of nitrogens with zero attached hydrogens (tertiary/aromatic N) is 2. The van der Waals surface area contributed by atoms with Crippen LogP contribution in [-0.4, -0.2) is 37.0 Å². The van der Waals surface area contributed by atoms with E-state index in [1.54, 1.807) is 0 Å². The van der Waals surface area contributed by atoms with Gasteiger partial charge in [0, 0.05) is 11.7 Å². The molecule has 1 aromatic rings. The molecule has 0 spiro atoms. The summed E-state index contributed by atoms with van der Waals surface area (Å²) in [4.78, 5) is 6.92. The normalized spacial score (nSPS) is 23.1. The smallest absolute Gasteiger partial charge is 0.193 e. The van der Waals surface area contributed by atoms with Crippen LogP contribution in [0, 0.1) is 0 Å². The van der Waals surface area contributed by atoms with Gasteiger partial charge in [-0.25, -0.2) is 0 Å². The van der Waals surface area contributed by atoms with Gasteiger partial charge in [-0.05, 0) is 69.3 Å². The fourth-order valence-electron chi connectivity index (χ4n) is 3.49. The number of likely N-dealkylation sites (N-methyl/N-ethyl adjacent to an activating group) is 1. The van der Waals surface area contributed by atoms with Crippen LogP contribution in [0.5, 0.6) is 0 Å². The fraction of sp³-hybridized carbons (Fsp3) is 0.588. The van der Waals surface area contributed by atoms with Gasteiger partial charge in [-0.3, -0.25) is 4.99 Å². The summed E-state index contributed by atoms with van der Waals surface area (Å²) in [6.45, 7) is 1.98. The molecule has 0 aromatic heterocycles. The second-order valence-electron chi connectivity index (χ2n) is 6.28. The first kappa shape index (κ1) is 14.4. The van der Waals surface area contributed by atoms with Gasteiger partial charge in [0.1, 0.15) is 0 Å². The minimum Gasteiger partial charge on any atom is -0.370 e. The lowest BCUT2D eigenvalue weighted by molar-refractivity contribution is 0.317. The van der Waals surface area contributed by atoms with Gasteiger partial charge in [-0.15, -0.1) is 0 Å². The lowest BCUT2D eigenvalue weighted by Crippen LogP contribution is -2.30. The van der Waals surface area contributed by atoms with Crippen molar-refractivity contribution in [1.82, 2.24) is 4.90 Å². The van der Waals surface area contributed by atoms with Crippen LogP contribution in [0.1, 0.15) is 36.8 Å². The Kier molecular flexibility index (Phi) is 4.44. The van der Waals surface area contributed by atoms with Gasteiger partial charge in [0.2, 0.25) is 0 Å². The first-order valence-corrected chi connectivity index (χ1v) is 8.12. The summed E-state index contributed by atoms with van der Waals surface area (Å²) in [5.41, 5.74) is 10.1. The number of aliphatic imine (C=N–C) groups is 1. The molecule has 0 radical (unpaired) electrons. The Balaban J connectivity index is 1.65. The molecular formula is C17H26N4. The molecule has 1 aromatic carbocycles. The van der Waals surface area contributed by atoms with E-state index in [1.165, 1.54) is 49.8 Å². The van der Waals surface area contributed by atoms with Crippen molar-refractivity contribution in [3.63, 3.8) is 0 Å². The number of likely N-dealkylation sites (tertiary alicyclic amines) is 1. The quantitative estimate of drug-likeness (QED) is 0.662. The highest BCUT2D eigenvalue weighted by molar-refractivity contribution is 5.93. The van der Waals surface area contributed by atoms with Crippen molar-refractivity contribution in [3.8, 4) is 0 Å². The summed E-state index contributed by atoms with van der Waals surface area (Å²) in [7, 11) is 2.17. The van der Waals surface area contributed by atoms with Crippen molar-refractivity contribution in [2.75, 3.05) is 25.5 Å². The van der Waals surface area contributed by atoms with Gasteiger partial charge in [0.15, 0.2) is 5.96 Å². The molecule has 0 bridgehead atoms. The highest BCUT2D eigenvalue weighted by Gasteiger charge is 2.20. The van der Waals surface area contributed by atoms with Crippen molar-refractivity contribution >= 4 is 11.6 Å². The van der Waals surface area contributed by atoms with E-state index >= 15 is 0 Å². The van der Waals surface area contributed by atoms with E-state index in [2.05, 4.69) is 40.5 Å². The zero-order valence-corrected chi connectivity index (χ0v) is 12.9. The molecule has 21 heavy (non-hydrogen) atoms. The first-order chi connectivity index (χ1) is 10.2. The van der Waals surface area contributed by atoms with Crippen LogP contribution < -0.4 is 11.1 Å². The predicted octanol–water partition coefficient (Wildman–Crippen LogP) is 2.39. The van der Waals surface area contributed by atoms with E-state index in [-0.39, 0.29) is 0 Å². The number of aryl methyl sites for hydroxylation is 1. The number of benzene rings is 1. The monoisotopic (exact) mass is 286 g/mol. The number of rotatable bonds is 3. The molecule has 114 valence electrons. The third kappa shape index (κ3) is 3.38. The van der Waals surface area contributed by atoms with Crippen LogP contribution in [0.3, 0.4) is 0 Å². The molecular weight excluding hydrogens is 260 g/mol. The largest absolute Gasteiger partial charge is 0.370 e. The molecule has 1 fully saturated rings. The Bertz CT molecular complexity index is 524. The molecule has 1 atom stereocenters. The van der Waals surface area contributed by atoms with Gasteiger partial charge in [0.25, 0.3) is 0 Å². The molecule has 4 nitrogen and oxygen atoms in total. The van der Waals surface area contributed by atoms with Gasteiger partial charge in [-0.1, -0.05) is 12.1 Å². The molecule has 0 amide bonds. The maximum absolute atomic E-state index is 6.08. The molecule has 1 saturated heterocycles. The SMILES string of the molecule is CN1CCCC1CN=C(N)Nc1cccc2c1CCCC2. The van der Waals surface area contributed by atoms with Crippen LogP contribution in [0.2, 0.25) is 0 Å². The van der Waals surface area contributed by atoms with Gasteiger partial charge < -0.3 is 16.0 Å². The Labute approximate surface area is 127 Å². The molecule has 3 rings (SSSR count).